The second-order valence-electron chi connectivity index (χ2n) is 9.40. The van der Waals surface area contributed by atoms with Crippen LogP contribution in [0.15, 0.2) is 72.2 Å². The fourth-order valence-corrected chi connectivity index (χ4v) is 5.53. The van der Waals surface area contributed by atoms with E-state index in [2.05, 4.69) is 45.4 Å². The summed E-state index contributed by atoms with van der Waals surface area (Å²) in [5.41, 5.74) is 4.22. The third-order valence-corrected chi connectivity index (χ3v) is 7.83. The Bertz CT molecular complexity index is 1530. The van der Waals surface area contributed by atoms with E-state index in [1.54, 1.807) is 25.6 Å². The molecule has 0 amide bonds. The molecule has 9 nitrogen and oxygen atoms in total. The van der Waals surface area contributed by atoms with Crippen LogP contribution in [0.1, 0.15) is 11.1 Å². The minimum atomic E-state index is 0.553. The molecule has 1 N–H and O–H groups in total. The van der Waals surface area contributed by atoms with Crippen molar-refractivity contribution in [3.63, 3.8) is 0 Å². The molecular weight excluding hydrogens is 510 g/mol. The summed E-state index contributed by atoms with van der Waals surface area (Å²) in [6, 6.07) is 20.6. The van der Waals surface area contributed by atoms with Crippen molar-refractivity contribution in [3.8, 4) is 22.2 Å². The van der Waals surface area contributed by atoms with E-state index in [4.69, 9.17) is 24.5 Å². The molecule has 5 aromatic rings. The second kappa shape index (κ2) is 11.3. The molecule has 0 bridgehead atoms. The van der Waals surface area contributed by atoms with Gasteiger partial charge in [-0.3, -0.25) is 4.90 Å². The first-order valence-corrected chi connectivity index (χ1v) is 13.9. The third kappa shape index (κ3) is 5.39. The van der Waals surface area contributed by atoms with Gasteiger partial charge in [-0.15, -0.1) is 16.4 Å². The number of rotatable bonds is 9. The Hall–Kier alpha value is -4.15. The number of thiophene rings is 1. The second-order valence-corrected chi connectivity index (χ2v) is 10.3. The van der Waals surface area contributed by atoms with Crippen LogP contribution in [0.25, 0.3) is 16.3 Å². The first-order valence-electron chi connectivity index (χ1n) is 13.0. The molecule has 3 aromatic heterocycles. The van der Waals surface area contributed by atoms with E-state index < -0.39 is 0 Å². The van der Waals surface area contributed by atoms with Gasteiger partial charge >= 0.3 is 0 Å². The number of aromatic nitrogens is 4. The summed E-state index contributed by atoms with van der Waals surface area (Å²) in [6.45, 7) is 5.27. The van der Waals surface area contributed by atoms with Gasteiger partial charge in [0.15, 0.2) is 23.0 Å². The van der Waals surface area contributed by atoms with Crippen molar-refractivity contribution >= 4 is 28.6 Å². The van der Waals surface area contributed by atoms with Gasteiger partial charge < -0.3 is 19.7 Å². The summed E-state index contributed by atoms with van der Waals surface area (Å²) >= 11 is 1.63. The van der Waals surface area contributed by atoms with Crippen molar-refractivity contribution in [3.05, 3.63) is 83.4 Å². The number of nitrogens with zero attached hydrogens (tertiary/aromatic N) is 6. The molecule has 1 aliphatic heterocycles. The van der Waals surface area contributed by atoms with Gasteiger partial charge in [0.2, 0.25) is 5.95 Å². The number of ether oxygens (including phenoxy) is 2. The molecule has 1 fully saturated rings. The van der Waals surface area contributed by atoms with Crippen LogP contribution < -0.4 is 19.7 Å². The van der Waals surface area contributed by atoms with Gasteiger partial charge in [0, 0.05) is 56.7 Å². The van der Waals surface area contributed by atoms with Gasteiger partial charge in [-0.1, -0.05) is 30.3 Å². The highest BCUT2D eigenvalue weighted by Gasteiger charge is 2.21. The molecule has 0 saturated carbocycles. The summed E-state index contributed by atoms with van der Waals surface area (Å²) in [5.74, 6) is 2.75. The Morgan fingerprint density at radius 2 is 1.74 bits per heavy atom. The van der Waals surface area contributed by atoms with Crippen LogP contribution in [0.4, 0.5) is 11.6 Å². The molecule has 10 heteroatoms. The highest BCUT2D eigenvalue weighted by molar-refractivity contribution is 7.13. The van der Waals surface area contributed by atoms with Crippen LogP contribution in [0.5, 0.6) is 11.5 Å². The number of hydrogen-bond acceptors (Lipinski definition) is 9. The van der Waals surface area contributed by atoms with Crippen molar-refractivity contribution < 1.29 is 9.47 Å². The molecule has 1 aliphatic rings. The van der Waals surface area contributed by atoms with Crippen LogP contribution in [-0.2, 0) is 13.1 Å². The summed E-state index contributed by atoms with van der Waals surface area (Å²) in [6.07, 6.45) is 1.93. The number of anilines is 2. The van der Waals surface area contributed by atoms with Crippen molar-refractivity contribution in [1.29, 1.82) is 0 Å². The predicted molar refractivity (Wildman–Crippen MR) is 155 cm³/mol. The molecule has 6 rings (SSSR count). The molecule has 0 aliphatic carbocycles. The van der Waals surface area contributed by atoms with Crippen LogP contribution in [0.3, 0.4) is 0 Å². The average Bonchev–Trinajstić information content (AvgIpc) is 3.69. The lowest BCUT2D eigenvalue weighted by Gasteiger charge is -2.36. The van der Waals surface area contributed by atoms with E-state index in [-0.39, 0.29) is 0 Å². The van der Waals surface area contributed by atoms with Crippen molar-refractivity contribution in [2.45, 2.75) is 13.1 Å². The molecule has 39 heavy (non-hydrogen) atoms. The van der Waals surface area contributed by atoms with E-state index in [0.29, 0.717) is 29.8 Å². The van der Waals surface area contributed by atoms with Crippen LogP contribution in [0, 0.1) is 0 Å². The lowest BCUT2D eigenvalue weighted by molar-refractivity contribution is 0.250. The molecule has 2 aromatic carbocycles. The van der Waals surface area contributed by atoms with Crippen molar-refractivity contribution in [2.24, 2.45) is 0 Å². The SMILES string of the molecule is COc1ccc(CNc2ncc(CN3CCN(c4ccccc4)CC3)c3nc(-c4cccs4)nn23)cc1OC. The van der Waals surface area contributed by atoms with Crippen LogP contribution in [-0.4, -0.2) is 64.9 Å². The van der Waals surface area contributed by atoms with Gasteiger partial charge in [0.1, 0.15) is 0 Å². The molecular formula is C29H31N7O2S. The zero-order valence-corrected chi connectivity index (χ0v) is 22.9. The Labute approximate surface area is 231 Å². The molecule has 1 saturated heterocycles. The minimum Gasteiger partial charge on any atom is -0.493 e. The molecule has 0 unspecified atom stereocenters. The molecule has 0 spiro atoms. The summed E-state index contributed by atoms with van der Waals surface area (Å²) in [4.78, 5) is 15.7. The maximum atomic E-state index is 5.46. The molecule has 0 atom stereocenters. The fourth-order valence-electron chi connectivity index (χ4n) is 4.88. The molecule has 4 heterocycles. The Balaban J connectivity index is 1.23. The van der Waals surface area contributed by atoms with E-state index in [9.17, 15) is 0 Å². The number of hydrogen-bond donors (Lipinski definition) is 1. The zero-order chi connectivity index (χ0) is 26.6. The molecule has 0 radical (unpaired) electrons. The average molecular weight is 542 g/mol. The number of benzene rings is 2. The largest absolute Gasteiger partial charge is 0.493 e. The molecule has 200 valence electrons. The number of fused-ring (bicyclic) bond motifs is 1. The quantitative estimate of drug-likeness (QED) is 0.285. The maximum absolute atomic E-state index is 5.46. The minimum absolute atomic E-state index is 0.553. The number of nitrogens with one attached hydrogen (secondary N) is 1. The first-order chi connectivity index (χ1) is 19.2. The normalized spacial score (nSPS) is 14.1. The third-order valence-electron chi connectivity index (χ3n) is 6.97. The fraction of sp³-hybridized carbons (Fsp3) is 0.276. The van der Waals surface area contributed by atoms with Crippen molar-refractivity contribution in [1.82, 2.24) is 24.5 Å². The van der Waals surface area contributed by atoms with Gasteiger partial charge in [0.05, 0.1) is 19.1 Å². The van der Waals surface area contributed by atoms with E-state index in [0.717, 1.165) is 54.4 Å². The lowest BCUT2D eigenvalue weighted by atomic mass is 10.2. The lowest BCUT2D eigenvalue weighted by Crippen LogP contribution is -2.46. The smallest absolute Gasteiger partial charge is 0.226 e. The standard InChI is InChI=1S/C29H31N7O2S/c1-37-24-11-10-21(17-25(24)38-2)18-30-29-31-19-22(28-32-27(33-36(28)29)26-9-6-16-39-26)20-34-12-14-35(15-13-34)23-7-4-3-5-8-23/h3-11,16-17,19H,12-15,18,20H2,1-2H3,(H,30,31). The van der Waals surface area contributed by atoms with E-state index in [1.165, 1.54) is 5.69 Å². The predicted octanol–water partition coefficient (Wildman–Crippen LogP) is 4.80. The van der Waals surface area contributed by atoms with Gasteiger partial charge in [-0.05, 0) is 41.3 Å². The van der Waals surface area contributed by atoms with Gasteiger partial charge in [0.25, 0.3) is 0 Å². The first kappa shape index (κ1) is 25.1. The summed E-state index contributed by atoms with van der Waals surface area (Å²) in [5, 5.41) is 10.3. The number of methoxy groups -OCH3 is 2. The Morgan fingerprint density at radius 1 is 0.923 bits per heavy atom. The maximum Gasteiger partial charge on any atom is 0.226 e. The Kier molecular flexibility index (Phi) is 7.29. The van der Waals surface area contributed by atoms with E-state index >= 15 is 0 Å². The van der Waals surface area contributed by atoms with E-state index in [1.807, 2.05) is 46.4 Å². The van der Waals surface area contributed by atoms with Crippen LogP contribution in [0.2, 0.25) is 0 Å². The monoisotopic (exact) mass is 541 g/mol. The highest BCUT2D eigenvalue weighted by atomic mass is 32.1. The summed E-state index contributed by atoms with van der Waals surface area (Å²) in [7, 11) is 3.28. The topological polar surface area (TPSA) is 80.0 Å². The Morgan fingerprint density at radius 3 is 2.49 bits per heavy atom. The van der Waals surface area contributed by atoms with Crippen molar-refractivity contribution in [2.75, 3.05) is 50.6 Å². The van der Waals surface area contributed by atoms with Crippen LogP contribution >= 0.6 is 11.3 Å². The number of para-hydroxylation sites is 1. The van der Waals surface area contributed by atoms with Gasteiger partial charge in [-0.25, -0.2) is 9.97 Å². The highest BCUT2D eigenvalue weighted by Crippen LogP contribution is 2.28. The zero-order valence-electron chi connectivity index (χ0n) is 22.1. The van der Waals surface area contributed by atoms with Gasteiger partial charge in [-0.2, -0.15) is 4.52 Å². The summed E-state index contributed by atoms with van der Waals surface area (Å²) < 4.78 is 12.7. The number of piperazine rings is 1.